The van der Waals surface area contributed by atoms with Crippen molar-refractivity contribution in [1.29, 1.82) is 0 Å². The molecule has 2 saturated carbocycles. The topological polar surface area (TPSA) is 91.2 Å². The number of unbranched alkanes of at least 4 members (excludes halogenated alkanes) is 1. The Morgan fingerprint density at radius 1 is 1.07 bits per heavy atom. The number of quaternary nitrogens is 1. The van der Waals surface area contributed by atoms with Crippen molar-refractivity contribution in [3.05, 3.63) is 77.6 Å². The molecule has 244 valence electrons. The molecule has 5 atom stereocenters. The molecule has 2 aromatic carbocycles. The molecular formula is C36H50N2O5SSi. The van der Waals surface area contributed by atoms with Crippen LogP contribution in [-0.2, 0) is 19.2 Å². The van der Waals surface area contributed by atoms with Gasteiger partial charge in [-0.05, 0) is 71.3 Å². The zero-order chi connectivity index (χ0) is 32.3. The van der Waals surface area contributed by atoms with E-state index in [0.717, 1.165) is 25.7 Å². The first-order valence-corrected chi connectivity index (χ1v) is 20.3. The molecule has 1 N–H and O–H groups in total. The van der Waals surface area contributed by atoms with Gasteiger partial charge in [-0.2, -0.15) is 0 Å². The number of fused-ring (bicyclic) bond motifs is 1. The Hall–Kier alpha value is -2.30. The van der Waals surface area contributed by atoms with Gasteiger partial charge in [0.05, 0.1) is 11.8 Å². The van der Waals surface area contributed by atoms with Crippen molar-refractivity contribution in [3.8, 4) is 0 Å². The molecule has 1 unspecified atom stereocenters. The molecule has 2 bridgehead atoms. The number of nitrogens with zero attached hydrogens (tertiary/aromatic N) is 1. The van der Waals surface area contributed by atoms with Crippen molar-refractivity contribution in [2.75, 3.05) is 12.4 Å². The minimum Gasteiger partial charge on any atom is -0.629 e. The molecule has 2 aliphatic heterocycles. The van der Waals surface area contributed by atoms with Crippen molar-refractivity contribution in [1.82, 2.24) is 4.31 Å². The molecule has 4 aliphatic rings. The monoisotopic (exact) mass is 650 g/mol. The SMILES string of the molecule is CC1(C)[C@H]2CC[C@@]13CS(=O)(=O)N(C(=O)[C@@H]1CCC/C(=C\CCCO[Si](c4ccccc4)(c4ccccc4)C(C)(C)C)[NH+]1[O-])[C@H]3C2. The average molecular weight is 651 g/mol. The first kappa shape index (κ1) is 32.6. The number of allylic oxidation sites excluding steroid dienone is 2. The highest BCUT2D eigenvalue weighted by atomic mass is 32.2. The van der Waals surface area contributed by atoms with Crippen molar-refractivity contribution in [2.45, 2.75) is 103 Å². The van der Waals surface area contributed by atoms with Gasteiger partial charge < -0.3 is 14.7 Å². The number of benzene rings is 2. The van der Waals surface area contributed by atoms with Gasteiger partial charge in [-0.15, -0.1) is 0 Å². The normalized spacial score (nSPS) is 31.3. The summed E-state index contributed by atoms with van der Waals surface area (Å²) in [5.41, 5.74) is 0.176. The number of carbonyl (C=O) groups is 1. The van der Waals surface area contributed by atoms with E-state index >= 15 is 0 Å². The van der Waals surface area contributed by atoms with E-state index < -0.39 is 30.3 Å². The standard InChI is InChI=1S/C36H50N2O5SSi/c1-34(2,3)45(29-17-8-6-9-18-29,30-19-10-7-11-20-30)43-24-13-12-15-28-16-14-21-31(37(28)40)33(39)38-32-25-27-22-23-36(32,35(27,4)5)26-44(38,41)42/h6-11,15,17-20,27,31-32,37H,12-14,16,21-26H2,1-5H3/b28-15+/t27-,31-,32-,36-/m0/s1. The van der Waals surface area contributed by atoms with Crippen LogP contribution in [0.4, 0.5) is 0 Å². The van der Waals surface area contributed by atoms with Crippen molar-refractivity contribution < 1.29 is 22.7 Å². The lowest BCUT2D eigenvalue weighted by atomic mass is 9.69. The van der Waals surface area contributed by atoms with Gasteiger partial charge in [-0.1, -0.05) is 95.3 Å². The van der Waals surface area contributed by atoms with Gasteiger partial charge in [0.1, 0.15) is 5.70 Å². The van der Waals surface area contributed by atoms with Crippen LogP contribution in [0.1, 0.15) is 86.0 Å². The fraction of sp³-hybridized carbons (Fsp3) is 0.583. The van der Waals surface area contributed by atoms with E-state index in [2.05, 4.69) is 83.1 Å². The molecule has 1 amide bonds. The number of amides is 1. The second-order valence-electron chi connectivity index (χ2n) is 15.4. The molecule has 9 heteroatoms. The number of carbonyl (C=O) groups excluding carboxylic acids is 1. The maximum atomic E-state index is 13.9. The van der Waals surface area contributed by atoms with Crippen LogP contribution >= 0.6 is 0 Å². The Kier molecular flexibility index (Phi) is 8.51. The maximum absolute atomic E-state index is 13.9. The lowest BCUT2D eigenvalue weighted by Gasteiger charge is -2.43. The lowest BCUT2D eigenvalue weighted by molar-refractivity contribution is -0.831. The summed E-state index contributed by atoms with van der Waals surface area (Å²) >= 11 is 0. The molecule has 2 aliphatic carbocycles. The number of hydrogen-bond acceptors (Lipinski definition) is 5. The molecule has 1 spiro atoms. The number of rotatable bonds is 8. The van der Waals surface area contributed by atoms with Crippen LogP contribution in [-0.4, -0.2) is 51.4 Å². The zero-order valence-electron chi connectivity index (χ0n) is 27.6. The molecule has 0 radical (unpaired) electrons. The average Bonchev–Trinajstić information content (AvgIpc) is 3.48. The van der Waals surface area contributed by atoms with Crippen LogP contribution in [0.5, 0.6) is 0 Å². The van der Waals surface area contributed by atoms with Crippen LogP contribution in [0.2, 0.25) is 5.04 Å². The highest BCUT2D eigenvalue weighted by Crippen LogP contribution is 2.70. The van der Waals surface area contributed by atoms with Gasteiger partial charge in [0.2, 0.25) is 10.0 Å². The summed E-state index contributed by atoms with van der Waals surface area (Å²) in [6, 6.07) is 19.9. The van der Waals surface area contributed by atoms with E-state index in [9.17, 15) is 18.4 Å². The fourth-order valence-electron chi connectivity index (χ4n) is 9.49. The van der Waals surface area contributed by atoms with Gasteiger partial charge in [-0.3, -0.25) is 4.79 Å². The Morgan fingerprint density at radius 3 is 2.27 bits per heavy atom. The summed E-state index contributed by atoms with van der Waals surface area (Å²) in [7, 11) is -6.38. The zero-order valence-corrected chi connectivity index (χ0v) is 29.4. The molecule has 7 nitrogen and oxygen atoms in total. The number of piperidine rings is 1. The third-order valence-corrected chi connectivity index (χ3v) is 18.9. The molecule has 4 fully saturated rings. The Labute approximate surface area is 270 Å². The second-order valence-corrected chi connectivity index (χ2v) is 21.6. The number of hydroxylamine groups is 2. The predicted molar refractivity (Wildman–Crippen MR) is 181 cm³/mol. The van der Waals surface area contributed by atoms with Gasteiger partial charge in [0.15, 0.2) is 6.04 Å². The second kappa shape index (κ2) is 11.7. The largest absolute Gasteiger partial charge is 0.629 e. The smallest absolute Gasteiger partial charge is 0.295 e. The van der Waals surface area contributed by atoms with Gasteiger partial charge in [0, 0.05) is 24.9 Å². The fourth-order valence-corrected chi connectivity index (χ4v) is 16.7. The minimum atomic E-state index is -3.75. The lowest BCUT2D eigenvalue weighted by Crippen LogP contribution is -3.12. The van der Waals surface area contributed by atoms with Crippen molar-refractivity contribution in [2.24, 2.45) is 16.7 Å². The Morgan fingerprint density at radius 2 is 1.69 bits per heavy atom. The number of nitrogens with one attached hydrogen (secondary N) is 1. The molecule has 2 heterocycles. The first-order chi connectivity index (χ1) is 21.3. The van der Waals surface area contributed by atoms with E-state index in [1.54, 1.807) is 0 Å². The van der Waals surface area contributed by atoms with E-state index in [1.165, 1.54) is 14.7 Å². The predicted octanol–water partition coefficient (Wildman–Crippen LogP) is 4.53. The van der Waals surface area contributed by atoms with Crippen LogP contribution in [0.25, 0.3) is 0 Å². The molecule has 2 saturated heterocycles. The summed E-state index contributed by atoms with van der Waals surface area (Å²) < 4.78 is 35.2. The van der Waals surface area contributed by atoms with E-state index in [0.29, 0.717) is 43.9 Å². The first-order valence-electron chi connectivity index (χ1n) is 16.8. The maximum Gasteiger partial charge on any atom is 0.295 e. The highest BCUT2D eigenvalue weighted by molar-refractivity contribution is 7.90. The van der Waals surface area contributed by atoms with Crippen molar-refractivity contribution in [3.63, 3.8) is 0 Å². The summed E-state index contributed by atoms with van der Waals surface area (Å²) in [6.07, 6.45) is 7.77. The van der Waals surface area contributed by atoms with E-state index in [1.807, 2.05) is 18.2 Å². The summed E-state index contributed by atoms with van der Waals surface area (Å²) in [5.74, 6) is -0.0165. The summed E-state index contributed by atoms with van der Waals surface area (Å²) in [6.45, 7) is 11.7. The number of hydrogen-bond donors (Lipinski definition) is 1. The van der Waals surface area contributed by atoms with Gasteiger partial charge in [0.25, 0.3) is 14.2 Å². The van der Waals surface area contributed by atoms with E-state index in [-0.39, 0.29) is 32.7 Å². The molecule has 45 heavy (non-hydrogen) atoms. The highest BCUT2D eigenvalue weighted by Gasteiger charge is 2.72. The van der Waals surface area contributed by atoms with Crippen molar-refractivity contribution >= 4 is 34.6 Å². The molecular weight excluding hydrogens is 601 g/mol. The van der Waals surface area contributed by atoms with Gasteiger partial charge >= 0.3 is 0 Å². The Balaban J connectivity index is 1.15. The van der Waals surface area contributed by atoms with E-state index in [4.69, 9.17) is 4.43 Å². The molecule has 6 rings (SSSR count). The molecule has 2 aromatic rings. The van der Waals surface area contributed by atoms with Crippen LogP contribution in [0.3, 0.4) is 0 Å². The molecule has 0 aromatic heterocycles. The van der Waals surface area contributed by atoms with Gasteiger partial charge in [-0.25, -0.2) is 12.7 Å². The summed E-state index contributed by atoms with van der Waals surface area (Å²) in [5, 5.41) is 15.9. The Bertz CT molecular complexity index is 1500. The van der Waals surface area contributed by atoms with Crippen LogP contribution in [0.15, 0.2) is 72.4 Å². The quantitative estimate of drug-likeness (QED) is 0.258. The van der Waals surface area contributed by atoms with Crippen LogP contribution < -0.4 is 15.4 Å². The third-order valence-electron chi connectivity index (χ3n) is 12.0. The minimum absolute atomic E-state index is 0.0366. The third kappa shape index (κ3) is 5.17. The summed E-state index contributed by atoms with van der Waals surface area (Å²) in [4.78, 5) is 13.9. The van der Waals surface area contributed by atoms with Crippen LogP contribution in [0, 0.1) is 22.0 Å². The number of sulfonamides is 1.